The smallest absolute Gasteiger partial charge is 0.305 e. The molecule has 1 atom stereocenters. The highest BCUT2D eigenvalue weighted by Crippen LogP contribution is 2.09. The number of ether oxygens (including phenoxy) is 2. The van der Waals surface area contributed by atoms with Gasteiger partial charge in [-0.25, -0.2) is 0 Å². The van der Waals surface area contributed by atoms with Crippen LogP contribution in [0.15, 0.2) is 72.9 Å². The van der Waals surface area contributed by atoms with Gasteiger partial charge in [-0.1, -0.05) is 145 Å². The van der Waals surface area contributed by atoms with E-state index in [1.165, 1.54) is 70.6 Å². The van der Waals surface area contributed by atoms with Crippen LogP contribution < -0.4 is 0 Å². The number of aliphatic hydroxyl groups is 1. The van der Waals surface area contributed by atoms with Gasteiger partial charge in [0.2, 0.25) is 0 Å². The van der Waals surface area contributed by atoms with Gasteiger partial charge in [0.05, 0.1) is 0 Å². The van der Waals surface area contributed by atoms with E-state index < -0.39 is 6.10 Å². The third-order valence-corrected chi connectivity index (χ3v) is 7.91. The van der Waals surface area contributed by atoms with E-state index in [1.54, 1.807) is 0 Å². The number of rotatable bonds is 34. The fraction of sp³-hybridized carbons (Fsp3) is 0.674. The van der Waals surface area contributed by atoms with E-state index in [4.69, 9.17) is 9.47 Å². The van der Waals surface area contributed by atoms with Crippen LogP contribution in [0.25, 0.3) is 0 Å². The summed E-state index contributed by atoms with van der Waals surface area (Å²) >= 11 is 0. The molecule has 0 fully saturated rings. The molecule has 0 saturated heterocycles. The molecule has 0 aromatic rings. The molecule has 0 aromatic carbocycles. The molecule has 0 heterocycles. The summed E-state index contributed by atoms with van der Waals surface area (Å²) in [5.74, 6) is -0.655. The Kier molecular flexibility index (Phi) is 36.6. The SMILES string of the molecule is CCCCC/C=C\C/C=C\C/C=C\CCCCCCC(=O)OC[C@H](O)COC(=O)CCC/C=C\C/C=C\C/C=C\CCCCCCCC. The molecular formula is C43H72O5. The van der Waals surface area contributed by atoms with Crippen molar-refractivity contribution < 1.29 is 24.2 Å². The third kappa shape index (κ3) is 37.8. The maximum atomic E-state index is 12.0. The first kappa shape index (κ1) is 45.3. The standard InChI is InChI=1S/C43H72O5/c1-3-5-7-9-11-13-15-17-19-21-23-25-27-29-31-33-35-37-42(45)47-39-41(44)40-48-43(46)38-36-34-32-30-28-26-24-22-20-18-16-14-12-10-8-6-4-2/h11,13,17-20,23-26,30,32,41,44H,3-10,12,14-16,21-22,27-29,31,33-40H2,1-2H3/b13-11-,19-17-,20-18-,25-23-,26-24-,32-30-/t41-/m0/s1. The van der Waals surface area contributed by atoms with E-state index in [9.17, 15) is 14.7 Å². The first-order chi connectivity index (χ1) is 23.6. The van der Waals surface area contributed by atoms with Crippen molar-refractivity contribution in [2.75, 3.05) is 13.2 Å². The predicted octanol–water partition coefficient (Wildman–Crippen LogP) is 12.2. The molecule has 0 spiro atoms. The van der Waals surface area contributed by atoms with Gasteiger partial charge < -0.3 is 14.6 Å². The highest BCUT2D eigenvalue weighted by molar-refractivity contribution is 5.69. The maximum absolute atomic E-state index is 12.0. The molecule has 1 N–H and O–H groups in total. The van der Waals surface area contributed by atoms with Crippen LogP contribution in [-0.4, -0.2) is 36.4 Å². The van der Waals surface area contributed by atoms with Crippen LogP contribution in [0.4, 0.5) is 0 Å². The lowest BCUT2D eigenvalue weighted by Crippen LogP contribution is -2.25. The monoisotopic (exact) mass is 669 g/mol. The van der Waals surface area contributed by atoms with Crippen LogP contribution in [0.2, 0.25) is 0 Å². The normalized spacial score (nSPS) is 13.0. The molecule has 0 radical (unpaired) electrons. The highest BCUT2D eigenvalue weighted by Gasteiger charge is 2.11. The summed E-state index contributed by atoms with van der Waals surface area (Å²) < 4.78 is 10.3. The number of unbranched alkanes of at least 4 members (excludes halogenated alkanes) is 14. The Hall–Kier alpha value is -2.66. The Morgan fingerprint density at radius 2 is 0.750 bits per heavy atom. The van der Waals surface area contributed by atoms with Gasteiger partial charge in [-0.3, -0.25) is 9.59 Å². The van der Waals surface area contributed by atoms with Crippen LogP contribution >= 0.6 is 0 Å². The number of carbonyl (C=O) groups is 2. The van der Waals surface area contributed by atoms with E-state index in [0.29, 0.717) is 19.3 Å². The molecule has 0 aromatic heterocycles. The Balaban J connectivity index is 3.59. The number of hydrogen-bond acceptors (Lipinski definition) is 5. The molecule has 0 aliphatic carbocycles. The summed E-state index contributed by atoms with van der Waals surface area (Å²) in [6.45, 7) is 4.19. The number of aliphatic hydroxyl groups excluding tert-OH is 1. The zero-order valence-corrected chi connectivity index (χ0v) is 31.0. The summed E-state index contributed by atoms with van der Waals surface area (Å²) in [7, 11) is 0. The van der Waals surface area contributed by atoms with E-state index in [1.807, 2.05) is 0 Å². The van der Waals surface area contributed by atoms with Crippen LogP contribution in [0.1, 0.15) is 168 Å². The van der Waals surface area contributed by atoms with Crippen LogP contribution in [0.3, 0.4) is 0 Å². The van der Waals surface area contributed by atoms with Crippen molar-refractivity contribution in [2.24, 2.45) is 0 Å². The minimum atomic E-state index is -0.997. The highest BCUT2D eigenvalue weighted by atomic mass is 16.6. The fourth-order valence-corrected chi connectivity index (χ4v) is 4.93. The quantitative estimate of drug-likeness (QED) is 0.0420. The van der Waals surface area contributed by atoms with Crippen molar-refractivity contribution >= 4 is 11.9 Å². The van der Waals surface area contributed by atoms with E-state index in [-0.39, 0.29) is 25.2 Å². The molecule has 0 unspecified atom stereocenters. The average molecular weight is 669 g/mol. The molecule has 0 amide bonds. The molecule has 0 rings (SSSR count). The zero-order chi connectivity index (χ0) is 35.0. The third-order valence-electron chi connectivity index (χ3n) is 7.91. The van der Waals surface area contributed by atoms with Gasteiger partial charge in [-0.05, 0) is 83.5 Å². The molecule has 0 bridgehead atoms. The summed E-state index contributed by atoms with van der Waals surface area (Å²) in [5.41, 5.74) is 0. The average Bonchev–Trinajstić information content (AvgIpc) is 3.09. The summed E-state index contributed by atoms with van der Waals surface area (Å²) in [6.07, 6.45) is 51.0. The Labute approximate surface area is 295 Å². The van der Waals surface area contributed by atoms with E-state index in [0.717, 1.165) is 64.2 Å². The second kappa shape index (κ2) is 38.8. The molecule has 48 heavy (non-hydrogen) atoms. The topological polar surface area (TPSA) is 72.8 Å². The lowest BCUT2D eigenvalue weighted by atomic mass is 10.1. The Morgan fingerprint density at radius 1 is 0.438 bits per heavy atom. The minimum absolute atomic E-state index is 0.147. The van der Waals surface area contributed by atoms with Gasteiger partial charge >= 0.3 is 11.9 Å². The first-order valence-corrected chi connectivity index (χ1v) is 19.5. The number of esters is 2. The molecule has 0 saturated carbocycles. The Morgan fingerprint density at radius 3 is 1.21 bits per heavy atom. The van der Waals surface area contributed by atoms with Gasteiger partial charge in [0.25, 0.3) is 0 Å². The van der Waals surface area contributed by atoms with Gasteiger partial charge in [-0.2, -0.15) is 0 Å². The lowest BCUT2D eigenvalue weighted by molar-refractivity contribution is -0.152. The summed E-state index contributed by atoms with van der Waals surface area (Å²) in [4.78, 5) is 23.9. The van der Waals surface area contributed by atoms with E-state index in [2.05, 4.69) is 86.8 Å². The zero-order valence-electron chi connectivity index (χ0n) is 31.0. The van der Waals surface area contributed by atoms with Gasteiger partial charge in [-0.15, -0.1) is 0 Å². The van der Waals surface area contributed by atoms with Crippen molar-refractivity contribution in [3.8, 4) is 0 Å². The van der Waals surface area contributed by atoms with Gasteiger partial charge in [0, 0.05) is 12.8 Å². The van der Waals surface area contributed by atoms with Crippen molar-refractivity contribution in [3.05, 3.63) is 72.9 Å². The number of carbonyl (C=O) groups excluding carboxylic acids is 2. The van der Waals surface area contributed by atoms with Crippen molar-refractivity contribution in [3.63, 3.8) is 0 Å². The molecule has 5 nitrogen and oxygen atoms in total. The molecule has 0 aliphatic rings. The van der Waals surface area contributed by atoms with Gasteiger partial charge in [0.1, 0.15) is 19.3 Å². The second-order valence-corrected chi connectivity index (χ2v) is 12.7. The first-order valence-electron chi connectivity index (χ1n) is 19.5. The lowest BCUT2D eigenvalue weighted by Gasteiger charge is -2.12. The second-order valence-electron chi connectivity index (χ2n) is 12.7. The number of hydrogen-bond donors (Lipinski definition) is 1. The summed E-state index contributed by atoms with van der Waals surface area (Å²) in [6, 6.07) is 0. The van der Waals surface area contributed by atoms with Crippen molar-refractivity contribution in [1.29, 1.82) is 0 Å². The molecule has 274 valence electrons. The van der Waals surface area contributed by atoms with Crippen molar-refractivity contribution in [2.45, 2.75) is 174 Å². The Bertz CT molecular complexity index is 895. The fourth-order valence-electron chi connectivity index (χ4n) is 4.93. The maximum Gasteiger partial charge on any atom is 0.305 e. The summed E-state index contributed by atoms with van der Waals surface area (Å²) in [5, 5.41) is 10.00. The van der Waals surface area contributed by atoms with E-state index >= 15 is 0 Å². The number of allylic oxidation sites excluding steroid dienone is 12. The van der Waals surface area contributed by atoms with Crippen LogP contribution in [-0.2, 0) is 19.1 Å². The largest absolute Gasteiger partial charge is 0.463 e. The molecule has 5 heteroatoms. The molecular weight excluding hydrogens is 596 g/mol. The molecule has 0 aliphatic heterocycles. The van der Waals surface area contributed by atoms with Crippen LogP contribution in [0, 0.1) is 0 Å². The van der Waals surface area contributed by atoms with Gasteiger partial charge in [0.15, 0.2) is 0 Å². The van der Waals surface area contributed by atoms with Crippen molar-refractivity contribution in [1.82, 2.24) is 0 Å². The minimum Gasteiger partial charge on any atom is -0.463 e. The predicted molar refractivity (Wildman–Crippen MR) is 205 cm³/mol. The van der Waals surface area contributed by atoms with Crippen LogP contribution in [0.5, 0.6) is 0 Å².